The molecule has 3 rings (SSSR count). The van der Waals surface area contributed by atoms with Gasteiger partial charge in [-0.2, -0.15) is 0 Å². The maximum absolute atomic E-state index is 11.5. The number of carboxylic acid groups (broad SMARTS) is 1. The molecule has 27 heavy (non-hydrogen) atoms. The third-order valence-electron chi connectivity index (χ3n) is 4.27. The van der Waals surface area contributed by atoms with Crippen LogP contribution in [0.2, 0.25) is 0 Å². The SMILES string of the molecule is COc1cc(-c2cc(=N[C@H](C(=O)[O-])C(C)C)c3ccccc3o2)ccc1O. The molecule has 1 atom stereocenters. The van der Waals surface area contributed by atoms with Gasteiger partial charge in [-0.15, -0.1) is 0 Å². The second kappa shape index (κ2) is 7.53. The normalized spacial score (nSPS) is 13.1. The number of hydrogen-bond donors (Lipinski definition) is 1. The Hall–Kier alpha value is -3.28. The summed E-state index contributed by atoms with van der Waals surface area (Å²) >= 11 is 0. The molecule has 0 bridgehead atoms. The van der Waals surface area contributed by atoms with Crippen molar-refractivity contribution in [1.82, 2.24) is 0 Å². The first kappa shape index (κ1) is 18.5. The molecule has 3 aromatic rings. The number of benzene rings is 2. The van der Waals surface area contributed by atoms with E-state index in [2.05, 4.69) is 4.99 Å². The number of aliphatic carboxylic acids is 1. The van der Waals surface area contributed by atoms with Gasteiger partial charge in [0.25, 0.3) is 0 Å². The molecule has 0 radical (unpaired) electrons. The predicted octanol–water partition coefficient (Wildman–Crippen LogP) is 2.49. The van der Waals surface area contributed by atoms with Crippen LogP contribution in [0.1, 0.15) is 13.8 Å². The second-order valence-electron chi connectivity index (χ2n) is 6.52. The number of phenolic OH excluding ortho intramolecular Hbond substituents is 1. The number of carbonyl (C=O) groups excluding carboxylic acids is 1. The number of carbonyl (C=O) groups is 1. The average Bonchev–Trinajstić information content (AvgIpc) is 2.65. The highest BCUT2D eigenvalue weighted by Crippen LogP contribution is 2.32. The fraction of sp³-hybridized carbons (Fsp3) is 0.238. The molecule has 0 saturated heterocycles. The molecule has 0 spiro atoms. The third kappa shape index (κ3) is 3.79. The molecule has 6 nitrogen and oxygen atoms in total. The Morgan fingerprint density at radius 1 is 1.19 bits per heavy atom. The molecule has 2 aromatic carbocycles. The smallest absolute Gasteiger partial charge is 0.161 e. The first-order valence-corrected chi connectivity index (χ1v) is 8.55. The minimum atomic E-state index is -1.22. The lowest BCUT2D eigenvalue weighted by Crippen LogP contribution is -2.39. The maximum Gasteiger partial charge on any atom is 0.161 e. The van der Waals surface area contributed by atoms with Gasteiger partial charge in [-0.25, -0.2) is 0 Å². The molecule has 0 aliphatic heterocycles. The standard InChI is InChI=1S/C21H21NO5/c1-12(2)20(21(24)25)22-15-11-18(27-17-7-5-4-6-14(15)17)13-8-9-16(23)19(10-13)26-3/h4-12,20,23H,1-3H3,(H,24,25)/p-1/t20-/m0/s1. The number of aromatic hydroxyl groups is 1. The Bertz CT molecular complexity index is 1050. The predicted molar refractivity (Wildman–Crippen MR) is 99.1 cm³/mol. The van der Waals surface area contributed by atoms with E-state index in [1.807, 2.05) is 18.2 Å². The van der Waals surface area contributed by atoms with Crippen LogP contribution in [0, 0.1) is 5.92 Å². The van der Waals surface area contributed by atoms with Crippen molar-refractivity contribution in [3.8, 4) is 22.8 Å². The van der Waals surface area contributed by atoms with Crippen molar-refractivity contribution in [2.24, 2.45) is 10.9 Å². The Kier molecular flexibility index (Phi) is 5.16. The topological polar surface area (TPSA) is 95.1 Å². The Balaban J connectivity index is 2.27. The molecular weight excluding hydrogens is 346 g/mol. The molecule has 1 aromatic heterocycles. The zero-order valence-electron chi connectivity index (χ0n) is 15.3. The van der Waals surface area contributed by atoms with Gasteiger partial charge in [0.05, 0.1) is 24.5 Å². The molecule has 6 heteroatoms. The number of fused-ring (bicyclic) bond motifs is 1. The Labute approximate surface area is 156 Å². The van der Waals surface area contributed by atoms with Gasteiger partial charge in [0.15, 0.2) is 11.5 Å². The highest BCUT2D eigenvalue weighted by molar-refractivity contribution is 5.79. The number of phenols is 1. The van der Waals surface area contributed by atoms with Gasteiger partial charge in [0, 0.05) is 17.0 Å². The van der Waals surface area contributed by atoms with E-state index < -0.39 is 12.0 Å². The average molecular weight is 366 g/mol. The lowest BCUT2D eigenvalue weighted by molar-refractivity contribution is -0.308. The number of carboxylic acids is 1. The van der Waals surface area contributed by atoms with Crippen molar-refractivity contribution >= 4 is 16.9 Å². The van der Waals surface area contributed by atoms with E-state index in [0.717, 1.165) is 0 Å². The van der Waals surface area contributed by atoms with Crippen LogP contribution >= 0.6 is 0 Å². The maximum atomic E-state index is 11.5. The Morgan fingerprint density at radius 2 is 1.93 bits per heavy atom. The zero-order chi connectivity index (χ0) is 19.6. The first-order valence-electron chi connectivity index (χ1n) is 8.55. The van der Waals surface area contributed by atoms with Gasteiger partial charge in [-0.05, 0) is 36.2 Å². The Morgan fingerprint density at radius 3 is 2.59 bits per heavy atom. The van der Waals surface area contributed by atoms with Crippen molar-refractivity contribution < 1.29 is 24.2 Å². The largest absolute Gasteiger partial charge is 0.548 e. The minimum Gasteiger partial charge on any atom is -0.548 e. The number of hydrogen-bond acceptors (Lipinski definition) is 6. The summed E-state index contributed by atoms with van der Waals surface area (Å²) in [7, 11) is 1.46. The van der Waals surface area contributed by atoms with E-state index in [1.165, 1.54) is 13.2 Å². The van der Waals surface area contributed by atoms with Crippen LogP contribution in [-0.4, -0.2) is 24.2 Å². The quantitative estimate of drug-likeness (QED) is 0.748. The number of nitrogens with zero attached hydrogens (tertiary/aromatic N) is 1. The third-order valence-corrected chi connectivity index (χ3v) is 4.27. The molecule has 0 aliphatic rings. The van der Waals surface area contributed by atoms with Crippen LogP contribution < -0.4 is 15.2 Å². The van der Waals surface area contributed by atoms with Gasteiger partial charge in [-0.3, -0.25) is 4.99 Å². The van der Waals surface area contributed by atoms with E-state index in [-0.39, 0.29) is 11.7 Å². The van der Waals surface area contributed by atoms with E-state index >= 15 is 0 Å². The zero-order valence-corrected chi connectivity index (χ0v) is 15.3. The van der Waals surface area contributed by atoms with Gasteiger partial charge in [0.1, 0.15) is 11.3 Å². The van der Waals surface area contributed by atoms with Crippen LogP contribution in [0.25, 0.3) is 22.3 Å². The molecule has 1 heterocycles. The summed E-state index contributed by atoms with van der Waals surface area (Å²) in [4.78, 5) is 15.9. The van der Waals surface area contributed by atoms with Crippen molar-refractivity contribution in [2.75, 3.05) is 7.11 Å². The van der Waals surface area contributed by atoms with Gasteiger partial charge in [-0.1, -0.05) is 26.0 Å². The van der Waals surface area contributed by atoms with Crippen molar-refractivity contribution in [3.63, 3.8) is 0 Å². The van der Waals surface area contributed by atoms with Crippen molar-refractivity contribution in [3.05, 3.63) is 53.9 Å². The minimum absolute atomic E-state index is 0.0174. The number of rotatable bonds is 5. The summed E-state index contributed by atoms with van der Waals surface area (Å²) in [6.45, 7) is 3.57. The summed E-state index contributed by atoms with van der Waals surface area (Å²) in [6, 6.07) is 12.8. The summed E-state index contributed by atoms with van der Waals surface area (Å²) in [5.74, 6) is -0.634. The van der Waals surface area contributed by atoms with E-state index in [9.17, 15) is 15.0 Å². The van der Waals surface area contributed by atoms with Crippen LogP contribution in [0.15, 0.2) is 57.9 Å². The molecule has 0 aliphatic carbocycles. The number of para-hydroxylation sites is 1. The number of methoxy groups -OCH3 is 1. The van der Waals surface area contributed by atoms with Crippen molar-refractivity contribution in [2.45, 2.75) is 19.9 Å². The van der Waals surface area contributed by atoms with Crippen molar-refractivity contribution in [1.29, 1.82) is 0 Å². The fourth-order valence-electron chi connectivity index (χ4n) is 2.82. The lowest BCUT2D eigenvalue weighted by atomic mass is 10.1. The molecule has 140 valence electrons. The van der Waals surface area contributed by atoms with E-state index in [1.54, 1.807) is 38.1 Å². The number of ether oxygens (including phenoxy) is 1. The van der Waals surface area contributed by atoms with Gasteiger partial charge < -0.3 is 24.2 Å². The monoisotopic (exact) mass is 366 g/mol. The molecular formula is C21H20NO5-. The van der Waals surface area contributed by atoms with E-state index in [0.29, 0.717) is 33.4 Å². The van der Waals surface area contributed by atoms with Crippen LogP contribution in [0.3, 0.4) is 0 Å². The fourth-order valence-corrected chi connectivity index (χ4v) is 2.82. The molecule has 0 fully saturated rings. The highest BCUT2D eigenvalue weighted by atomic mass is 16.5. The summed E-state index contributed by atoms with van der Waals surface area (Å²) < 4.78 is 11.1. The van der Waals surface area contributed by atoms with Gasteiger partial charge >= 0.3 is 0 Å². The summed E-state index contributed by atoms with van der Waals surface area (Å²) in [5, 5.41) is 22.5. The highest BCUT2D eigenvalue weighted by Gasteiger charge is 2.14. The lowest BCUT2D eigenvalue weighted by Gasteiger charge is -2.17. The van der Waals surface area contributed by atoms with E-state index in [4.69, 9.17) is 9.15 Å². The molecule has 1 N–H and O–H groups in total. The van der Waals surface area contributed by atoms with Gasteiger partial charge in [0.2, 0.25) is 0 Å². The summed E-state index contributed by atoms with van der Waals surface area (Å²) in [5.41, 5.74) is 1.24. The summed E-state index contributed by atoms with van der Waals surface area (Å²) in [6.07, 6.45) is 0. The molecule has 0 amide bonds. The van der Waals surface area contributed by atoms with Crippen LogP contribution in [0.5, 0.6) is 11.5 Å². The molecule has 0 saturated carbocycles. The second-order valence-corrected chi connectivity index (χ2v) is 6.52. The van der Waals surface area contributed by atoms with Crippen LogP contribution in [-0.2, 0) is 4.79 Å². The van der Waals surface area contributed by atoms with Crippen LogP contribution in [0.4, 0.5) is 0 Å². The first-order chi connectivity index (χ1) is 12.9. The molecule has 0 unspecified atom stereocenters.